The summed E-state index contributed by atoms with van der Waals surface area (Å²) in [7, 11) is 0. The molecule has 0 aliphatic heterocycles. The van der Waals surface area contributed by atoms with Crippen LogP contribution in [0.2, 0.25) is 0 Å². The van der Waals surface area contributed by atoms with Crippen LogP contribution in [-0.4, -0.2) is 10.1 Å². The van der Waals surface area contributed by atoms with E-state index in [-0.39, 0.29) is 18.2 Å². The van der Waals surface area contributed by atoms with Crippen molar-refractivity contribution in [1.82, 2.24) is 4.98 Å². The van der Waals surface area contributed by atoms with Crippen LogP contribution in [0.25, 0.3) is 0 Å². The second kappa shape index (κ2) is 3.69. The highest BCUT2D eigenvalue weighted by Crippen LogP contribution is 2.16. The van der Waals surface area contributed by atoms with E-state index < -0.39 is 0 Å². The normalized spacial score (nSPS) is 12.0. The number of nitrogens with two attached hydrogens (primary N) is 1. The summed E-state index contributed by atoms with van der Waals surface area (Å²) in [5.74, 6) is 0.0703. The zero-order valence-corrected chi connectivity index (χ0v) is 6.44. The first-order valence-corrected chi connectivity index (χ1v) is 3.50. The number of nitriles is 1. The highest BCUT2D eigenvalue weighted by Gasteiger charge is 2.05. The van der Waals surface area contributed by atoms with Crippen molar-refractivity contribution in [2.75, 3.05) is 0 Å². The zero-order chi connectivity index (χ0) is 8.97. The Morgan fingerprint density at radius 3 is 3.00 bits per heavy atom. The van der Waals surface area contributed by atoms with E-state index in [1.807, 2.05) is 6.07 Å². The van der Waals surface area contributed by atoms with E-state index in [2.05, 4.69) is 4.98 Å². The molecular formula is C8H9N3O. The van der Waals surface area contributed by atoms with Gasteiger partial charge in [-0.2, -0.15) is 5.26 Å². The highest BCUT2D eigenvalue weighted by atomic mass is 16.3. The number of pyridine rings is 1. The van der Waals surface area contributed by atoms with Crippen molar-refractivity contribution in [2.45, 2.75) is 12.5 Å². The van der Waals surface area contributed by atoms with Gasteiger partial charge in [0.05, 0.1) is 18.7 Å². The molecule has 4 heteroatoms. The Balaban J connectivity index is 2.82. The molecule has 1 rings (SSSR count). The van der Waals surface area contributed by atoms with Crippen molar-refractivity contribution in [3.8, 4) is 11.8 Å². The van der Waals surface area contributed by atoms with Gasteiger partial charge in [0.15, 0.2) is 0 Å². The van der Waals surface area contributed by atoms with Gasteiger partial charge in [0.2, 0.25) is 0 Å². The predicted octanol–water partition coefficient (Wildman–Crippen LogP) is 0.701. The van der Waals surface area contributed by atoms with E-state index in [1.165, 1.54) is 12.3 Å². The lowest BCUT2D eigenvalue weighted by atomic mass is 10.1. The Morgan fingerprint density at radius 1 is 1.67 bits per heavy atom. The number of rotatable bonds is 2. The fourth-order valence-corrected chi connectivity index (χ4v) is 0.864. The van der Waals surface area contributed by atoms with Crippen molar-refractivity contribution < 1.29 is 5.11 Å². The van der Waals surface area contributed by atoms with Gasteiger partial charge in [-0.15, -0.1) is 0 Å². The molecule has 0 saturated carbocycles. The molecule has 3 N–H and O–H groups in total. The summed E-state index contributed by atoms with van der Waals surface area (Å²) in [6, 6.07) is 3.09. The Kier molecular flexibility index (Phi) is 2.62. The Hall–Kier alpha value is -1.60. The third-order valence-corrected chi connectivity index (χ3v) is 1.48. The van der Waals surface area contributed by atoms with Crippen molar-refractivity contribution in [3.05, 3.63) is 24.0 Å². The summed E-state index contributed by atoms with van der Waals surface area (Å²) in [4.78, 5) is 3.75. The predicted molar refractivity (Wildman–Crippen MR) is 43.1 cm³/mol. The van der Waals surface area contributed by atoms with Crippen LogP contribution in [0.5, 0.6) is 5.75 Å². The third kappa shape index (κ3) is 1.94. The van der Waals surface area contributed by atoms with Crippen LogP contribution in [0.15, 0.2) is 18.5 Å². The van der Waals surface area contributed by atoms with Gasteiger partial charge in [-0.25, -0.2) is 0 Å². The van der Waals surface area contributed by atoms with Crippen LogP contribution in [0.3, 0.4) is 0 Å². The lowest BCUT2D eigenvalue weighted by molar-refractivity contribution is 0.470. The third-order valence-electron chi connectivity index (χ3n) is 1.48. The summed E-state index contributed by atoms with van der Waals surface area (Å²) in [5, 5.41) is 17.4. The molecule has 0 radical (unpaired) electrons. The quantitative estimate of drug-likeness (QED) is 0.672. The topological polar surface area (TPSA) is 82.9 Å². The molecule has 0 aliphatic carbocycles. The van der Waals surface area contributed by atoms with E-state index in [1.54, 1.807) is 6.20 Å². The monoisotopic (exact) mass is 163 g/mol. The van der Waals surface area contributed by atoms with E-state index in [9.17, 15) is 0 Å². The highest BCUT2D eigenvalue weighted by molar-refractivity contribution is 5.24. The minimum absolute atomic E-state index is 0.0703. The second-order valence-corrected chi connectivity index (χ2v) is 2.45. The van der Waals surface area contributed by atoms with Crippen molar-refractivity contribution >= 4 is 0 Å². The first-order chi connectivity index (χ1) is 5.74. The van der Waals surface area contributed by atoms with Gasteiger partial charge < -0.3 is 10.8 Å². The van der Waals surface area contributed by atoms with Gasteiger partial charge in [-0.1, -0.05) is 0 Å². The molecule has 62 valence electrons. The fourth-order valence-electron chi connectivity index (χ4n) is 0.864. The van der Waals surface area contributed by atoms with Gasteiger partial charge in [0.1, 0.15) is 5.75 Å². The maximum Gasteiger partial charge on any atom is 0.134 e. The Labute approximate surface area is 70.3 Å². The van der Waals surface area contributed by atoms with Crippen LogP contribution in [0, 0.1) is 11.3 Å². The summed E-state index contributed by atoms with van der Waals surface area (Å²) < 4.78 is 0. The molecule has 1 heterocycles. The first-order valence-electron chi connectivity index (χ1n) is 3.50. The number of nitrogens with zero attached hydrogens (tertiary/aromatic N) is 2. The van der Waals surface area contributed by atoms with Gasteiger partial charge in [0.25, 0.3) is 0 Å². The summed E-state index contributed by atoms with van der Waals surface area (Å²) in [5.41, 5.74) is 6.28. The summed E-state index contributed by atoms with van der Waals surface area (Å²) in [6.45, 7) is 0. The van der Waals surface area contributed by atoms with Gasteiger partial charge in [-0.3, -0.25) is 4.98 Å². The molecule has 1 aromatic rings. The molecule has 0 amide bonds. The molecule has 12 heavy (non-hydrogen) atoms. The first kappa shape index (κ1) is 8.50. The van der Waals surface area contributed by atoms with E-state index in [0.717, 1.165) is 0 Å². The van der Waals surface area contributed by atoms with Crippen LogP contribution in [-0.2, 0) is 0 Å². The zero-order valence-electron chi connectivity index (χ0n) is 6.44. The maximum atomic E-state index is 9.03. The average molecular weight is 163 g/mol. The van der Waals surface area contributed by atoms with E-state index in [4.69, 9.17) is 16.1 Å². The molecule has 0 bridgehead atoms. The molecule has 0 saturated heterocycles. The molecule has 1 unspecified atom stereocenters. The number of hydrogen-bond donors (Lipinski definition) is 2. The van der Waals surface area contributed by atoms with Gasteiger partial charge >= 0.3 is 0 Å². The maximum absolute atomic E-state index is 9.03. The van der Waals surface area contributed by atoms with Crippen molar-refractivity contribution in [2.24, 2.45) is 5.73 Å². The molecule has 1 atom stereocenters. The number of aromatic hydroxyl groups is 1. The van der Waals surface area contributed by atoms with Gasteiger partial charge in [0, 0.05) is 12.2 Å². The van der Waals surface area contributed by atoms with Crippen LogP contribution in [0.4, 0.5) is 0 Å². The standard InChI is InChI=1S/C8H9N3O/c9-2-1-8(10)6-3-7(12)5-11-4-6/h3-5,8,12H,1,10H2. The SMILES string of the molecule is N#CCC(N)c1cncc(O)c1. The largest absolute Gasteiger partial charge is 0.506 e. The van der Waals surface area contributed by atoms with Crippen molar-refractivity contribution in [1.29, 1.82) is 5.26 Å². The van der Waals surface area contributed by atoms with Crippen LogP contribution < -0.4 is 5.73 Å². The molecule has 0 aliphatic rings. The smallest absolute Gasteiger partial charge is 0.134 e. The molecule has 1 aromatic heterocycles. The number of hydrogen-bond acceptors (Lipinski definition) is 4. The lowest BCUT2D eigenvalue weighted by Crippen LogP contribution is -2.09. The molecular weight excluding hydrogens is 154 g/mol. The van der Waals surface area contributed by atoms with Crippen LogP contribution in [0.1, 0.15) is 18.0 Å². The average Bonchev–Trinajstić information content (AvgIpc) is 2.05. The summed E-state index contributed by atoms with van der Waals surface area (Å²) in [6.07, 6.45) is 3.09. The Morgan fingerprint density at radius 2 is 2.42 bits per heavy atom. The molecule has 4 nitrogen and oxygen atoms in total. The lowest BCUT2D eigenvalue weighted by Gasteiger charge is -2.06. The molecule has 0 spiro atoms. The number of aromatic nitrogens is 1. The van der Waals surface area contributed by atoms with E-state index in [0.29, 0.717) is 5.56 Å². The van der Waals surface area contributed by atoms with E-state index >= 15 is 0 Å². The minimum atomic E-state index is -0.366. The molecule has 0 fully saturated rings. The van der Waals surface area contributed by atoms with Crippen molar-refractivity contribution in [3.63, 3.8) is 0 Å². The summed E-state index contributed by atoms with van der Waals surface area (Å²) >= 11 is 0. The second-order valence-electron chi connectivity index (χ2n) is 2.45. The van der Waals surface area contributed by atoms with Crippen LogP contribution >= 0.6 is 0 Å². The minimum Gasteiger partial charge on any atom is -0.506 e. The Bertz CT molecular complexity index is 305. The van der Waals surface area contributed by atoms with Gasteiger partial charge in [-0.05, 0) is 11.6 Å². The fraction of sp³-hybridized carbons (Fsp3) is 0.250. The molecule has 0 aromatic carbocycles.